The number of hydrogen-bond donors (Lipinski definition) is 1. The summed E-state index contributed by atoms with van der Waals surface area (Å²) < 4.78 is 10.2. The van der Waals surface area contributed by atoms with E-state index in [2.05, 4.69) is 5.32 Å². The molecule has 0 radical (unpaired) electrons. The SMILES string of the molecule is CCOC(=O)CC(NC)c1ccc(OC)c(C)c1. The Balaban J connectivity index is 2.82. The molecular weight excluding hydrogens is 230 g/mol. The zero-order valence-corrected chi connectivity index (χ0v) is 11.4. The van der Waals surface area contributed by atoms with E-state index in [0.29, 0.717) is 13.0 Å². The summed E-state index contributed by atoms with van der Waals surface area (Å²) in [6.45, 7) is 4.21. The second-order valence-corrected chi connectivity index (χ2v) is 4.08. The van der Waals surface area contributed by atoms with Gasteiger partial charge in [-0.2, -0.15) is 0 Å². The highest BCUT2D eigenvalue weighted by Gasteiger charge is 2.15. The molecule has 0 aliphatic rings. The third-order valence-corrected chi connectivity index (χ3v) is 2.85. The van der Waals surface area contributed by atoms with Crippen LogP contribution in [0.5, 0.6) is 5.75 Å². The summed E-state index contributed by atoms with van der Waals surface area (Å²) in [4.78, 5) is 11.5. The molecule has 1 rings (SSSR count). The van der Waals surface area contributed by atoms with Crippen LogP contribution in [0.15, 0.2) is 18.2 Å². The fraction of sp³-hybridized carbons (Fsp3) is 0.500. The van der Waals surface area contributed by atoms with E-state index in [-0.39, 0.29) is 12.0 Å². The van der Waals surface area contributed by atoms with Crippen molar-refractivity contribution in [1.29, 1.82) is 0 Å². The van der Waals surface area contributed by atoms with Crippen LogP contribution < -0.4 is 10.1 Å². The normalized spacial score (nSPS) is 12.0. The van der Waals surface area contributed by atoms with Gasteiger partial charge in [0, 0.05) is 6.04 Å². The number of nitrogens with one attached hydrogen (secondary N) is 1. The lowest BCUT2D eigenvalue weighted by Crippen LogP contribution is -2.21. The van der Waals surface area contributed by atoms with Crippen LogP contribution in [-0.2, 0) is 9.53 Å². The molecule has 0 saturated heterocycles. The summed E-state index contributed by atoms with van der Waals surface area (Å²) >= 11 is 0. The Morgan fingerprint density at radius 2 is 2.17 bits per heavy atom. The first-order valence-electron chi connectivity index (χ1n) is 6.09. The predicted octanol–water partition coefficient (Wildman–Crippen LogP) is 2.22. The Morgan fingerprint density at radius 1 is 1.44 bits per heavy atom. The molecule has 0 aliphatic carbocycles. The van der Waals surface area contributed by atoms with Crippen molar-refractivity contribution in [2.45, 2.75) is 26.3 Å². The first kappa shape index (κ1) is 14.5. The second-order valence-electron chi connectivity index (χ2n) is 4.08. The average molecular weight is 251 g/mol. The molecular formula is C14H21NO3. The maximum atomic E-state index is 11.5. The number of carbonyl (C=O) groups excluding carboxylic acids is 1. The Labute approximate surface area is 108 Å². The molecule has 4 heteroatoms. The van der Waals surface area contributed by atoms with Gasteiger partial charge in [-0.1, -0.05) is 12.1 Å². The first-order valence-corrected chi connectivity index (χ1v) is 6.09. The summed E-state index contributed by atoms with van der Waals surface area (Å²) in [6, 6.07) is 5.87. The van der Waals surface area contributed by atoms with Crippen molar-refractivity contribution >= 4 is 5.97 Å². The fourth-order valence-corrected chi connectivity index (χ4v) is 1.89. The molecule has 4 nitrogen and oxygen atoms in total. The summed E-state index contributed by atoms with van der Waals surface area (Å²) in [5.74, 6) is 0.662. The number of esters is 1. The van der Waals surface area contributed by atoms with Gasteiger partial charge in [-0.3, -0.25) is 4.79 Å². The van der Waals surface area contributed by atoms with Gasteiger partial charge in [0.25, 0.3) is 0 Å². The molecule has 0 amide bonds. The Kier molecular flexibility index (Phi) is 5.65. The van der Waals surface area contributed by atoms with Crippen molar-refractivity contribution in [1.82, 2.24) is 5.32 Å². The van der Waals surface area contributed by atoms with Gasteiger partial charge in [-0.15, -0.1) is 0 Å². The number of rotatable bonds is 6. The highest BCUT2D eigenvalue weighted by molar-refractivity contribution is 5.70. The third kappa shape index (κ3) is 3.74. The van der Waals surface area contributed by atoms with E-state index in [1.54, 1.807) is 7.11 Å². The van der Waals surface area contributed by atoms with E-state index < -0.39 is 0 Å². The molecule has 18 heavy (non-hydrogen) atoms. The van der Waals surface area contributed by atoms with Crippen molar-refractivity contribution in [2.75, 3.05) is 20.8 Å². The van der Waals surface area contributed by atoms with Crippen LogP contribution in [0, 0.1) is 6.92 Å². The van der Waals surface area contributed by atoms with Crippen LogP contribution in [0.2, 0.25) is 0 Å². The minimum absolute atomic E-state index is 0.0337. The molecule has 1 atom stereocenters. The molecule has 0 fully saturated rings. The number of benzene rings is 1. The maximum absolute atomic E-state index is 11.5. The largest absolute Gasteiger partial charge is 0.496 e. The summed E-state index contributed by atoms with van der Waals surface area (Å²) in [7, 11) is 3.49. The van der Waals surface area contributed by atoms with E-state index in [1.165, 1.54) is 0 Å². The average Bonchev–Trinajstić information content (AvgIpc) is 2.36. The van der Waals surface area contributed by atoms with Gasteiger partial charge in [-0.05, 0) is 38.1 Å². The molecule has 1 aromatic carbocycles. The van der Waals surface area contributed by atoms with Crippen LogP contribution in [0.1, 0.15) is 30.5 Å². The molecule has 0 spiro atoms. The monoisotopic (exact) mass is 251 g/mol. The zero-order valence-electron chi connectivity index (χ0n) is 11.4. The zero-order chi connectivity index (χ0) is 13.5. The third-order valence-electron chi connectivity index (χ3n) is 2.85. The highest BCUT2D eigenvalue weighted by Crippen LogP contribution is 2.24. The van der Waals surface area contributed by atoms with Gasteiger partial charge in [-0.25, -0.2) is 0 Å². The van der Waals surface area contributed by atoms with Crippen LogP contribution >= 0.6 is 0 Å². The molecule has 0 heterocycles. The predicted molar refractivity (Wildman–Crippen MR) is 70.8 cm³/mol. The lowest BCUT2D eigenvalue weighted by Gasteiger charge is -2.17. The molecule has 0 aromatic heterocycles. The topological polar surface area (TPSA) is 47.6 Å². The van der Waals surface area contributed by atoms with Gasteiger partial charge in [0.05, 0.1) is 20.1 Å². The molecule has 0 bridgehead atoms. The molecule has 1 N–H and O–H groups in total. The Morgan fingerprint density at radius 3 is 2.67 bits per heavy atom. The number of methoxy groups -OCH3 is 1. The molecule has 1 unspecified atom stereocenters. The molecule has 0 saturated carbocycles. The van der Waals surface area contributed by atoms with Gasteiger partial charge >= 0.3 is 5.97 Å². The number of ether oxygens (including phenoxy) is 2. The van der Waals surface area contributed by atoms with E-state index in [0.717, 1.165) is 16.9 Å². The number of carbonyl (C=O) groups is 1. The van der Waals surface area contributed by atoms with Crippen LogP contribution in [0.3, 0.4) is 0 Å². The number of hydrogen-bond acceptors (Lipinski definition) is 4. The maximum Gasteiger partial charge on any atom is 0.307 e. The molecule has 1 aromatic rings. The van der Waals surface area contributed by atoms with Crippen LogP contribution in [0.25, 0.3) is 0 Å². The quantitative estimate of drug-likeness (QED) is 0.787. The van der Waals surface area contributed by atoms with Gasteiger partial charge in [0.15, 0.2) is 0 Å². The van der Waals surface area contributed by atoms with Gasteiger partial charge < -0.3 is 14.8 Å². The standard InChI is InChI=1S/C14H21NO3/c1-5-18-14(16)9-12(15-3)11-6-7-13(17-4)10(2)8-11/h6-8,12,15H,5,9H2,1-4H3. The van der Waals surface area contributed by atoms with E-state index in [9.17, 15) is 4.79 Å². The summed E-state index contributed by atoms with van der Waals surface area (Å²) in [6.07, 6.45) is 0.329. The Hall–Kier alpha value is -1.55. The van der Waals surface area contributed by atoms with Crippen molar-refractivity contribution in [3.8, 4) is 5.75 Å². The fourth-order valence-electron chi connectivity index (χ4n) is 1.89. The van der Waals surface area contributed by atoms with E-state index in [4.69, 9.17) is 9.47 Å². The van der Waals surface area contributed by atoms with Crippen LogP contribution in [0.4, 0.5) is 0 Å². The molecule has 0 aliphatic heterocycles. The minimum Gasteiger partial charge on any atom is -0.496 e. The van der Waals surface area contributed by atoms with E-state index in [1.807, 2.05) is 39.1 Å². The van der Waals surface area contributed by atoms with Crippen molar-refractivity contribution in [2.24, 2.45) is 0 Å². The lowest BCUT2D eigenvalue weighted by atomic mass is 10.0. The van der Waals surface area contributed by atoms with E-state index >= 15 is 0 Å². The Bertz CT molecular complexity index is 404. The second kappa shape index (κ2) is 7.01. The van der Waals surface area contributed by atoms with Crippen LogP contribution in [-0.4, -0.2) is 26.7 Å². The number of aryl methyl sites for hydroxylation is 1. The highest BCUT2D eigenvalue weighted by atomic mass is 16.5. The van der Waals surface area contributed by atoms with Gasteiger partial charge in [0.2, 0.25) is 0 Å². The molecule has 100 valence electrons. The smallest absolute Gasteiger partial charge is 0.307 e. The minimum atomic E-state index is -0.190. The van der Waals surface area contributed by atoms with Gasteiger partial charge in [0.1, 0.15) is 5.75 Å². The van der Waals surface area contributed by atoms with Crippen molar-refractivity contribution in [3.63, 3.8) is 0 Å². The van der Waals surface area contributed by atoms with Crippen molar-refractivity contribution in [3.05, 3.63) is 29.3 Å². The van der Waals surface area contributed by atoms with Crippen molar-refractivity contribution < 1.29 is 14.3 Å². The summed E-state index contributed by atoms with van der Waals surface area (Å²) in [5, 5.41) is 3.13. The lowest BCUT2D eigenvalue weighted by molar-refractivity contribution is -0.143. The first-order chi connectivity index (χ1) is 8.62. The summed E-state index contributed by atoms with van der Waals surface area (Å²) in [5.41, 5.74) is 2.11.